The van der Waals surface area contributed by atoms with Gasteiger partial charge in [0.05, 0.1) is 13.7 Å². The number of ketones is 1. The molecule has 1 aliphatic rings. The highest BCUT2D eigenvalue weighted by molar-refractivity contribution is 6.17. The van der Waals surface area contributed by atoms with Crippen LogP contribution in [0.4, 0.5) is 5.69 Å². The Morgan fingerprint density at radius 3 is 2.55 bits per heavy atom. The average Bonchev–Trinajstić information content (AvgIpc) is 2.80. The van der Waals surface area contributed by atoms with Gasteiger partial charge in [-0.1, -0.05) is 30.3 Å². The lowest BCUT2D eigenvalue weighted by atomic mass is 9.97. The molecule has 0 aromatic heterocycles. The van der Waals surface area contributed by atoms with Gasteiger partial charge in [-0.25, -0.2) is 0 Å². The fourth-order valence-electron chi connectivity index (χ4n) is 2.87. The zero-order chi connectivity index (χ0) is 15.7. The second kappa shape index (κ2) is 5.64. The summed E-state index contributed by atoms with van der Waals surface area (Å²) in [4.78, 5) is 26.3. The standard InChI is InChI=1S/C18H17NO3/c1-12(20)17-15-10-14(22-2)8-9-16(15)19(18(17)21)11-13-6-4-3-5-7-13/h3-10,17H,11H2,1-2H3. The lowest BCUT2D eigenvalue weighted by Crippen LogP contribution is -2.30. The third-order valence-corrected chi connectivity index (χ3v) is 3.94. The Labute approximate surface area is 129 Å². The summed E-state index contributed by atoms with van der Waals surface area (Å²) in [5, 5.41) is 0. The van der Waals surface area contributed by atoms with Crippen LogP contribution in [-0.2, 0) is 16.1 Å². The number of Topliss-reactive ketones (excluding diaryl/α,β-unsaturated/α-hetero) is 1. The smallest absolute Gasteiger partial charge is 0.242 e. The number of carbonyl (C=O) groups excluding carboxylic acids is 2. The summed E-state index contributed by atoms with van der Waals surface area (Å²) in [5.41, 5.74) is 2.55. The van der Waals surface area contributed by atoms with Crippen LogP contribution in [0.3, 0.4) is 0 Å². The minimum atomic E-state index is -0.728. The molecule has 3 rings (SSSR count). The molecule has 22 heavy (non-hydrogen) atoms. The van der Waals surface area contributed by atoms with E-state index in [-0.39, 0.29) is 11.7 Å². The highest BCUT2D eigenvalue weighted by Gasteiger charge is 2.40. The van der Waals surface area contributed by atoms with Gasteiger partial charge in [0, 0.05) is 5.69 Å². The van der Waals surface area contributed by atoms with E-state index in [4.69, 9.17) is 4.74 Å². The Morgan fingerprint density at radius 2 is 1.91 bits per heavy atom. The van der Waals surface area contributed by atoms with Gasteiger partial charge >= 0.3 is 0 Å². The maximum atomic E-state index is 12.7. The molecule has 4 heteroatoms. The van der Waals surface area contributed by atoms with Gasteiger partial charge in [0.1, 0.15) is 17.5 Å². The normalized spacial score (nSPS) is 16.5. The average molecular weight is 295 g/mol. The molecular weight excluding hydrogens is 278 g/mol. The molecule has 1 unspecified atom stereocenters. The number of benzene rings is 2. The number of hydrogen-bond acceptors (Lipinski definition) is 3. The number of rotatable bonds is 4. The molecule has 1 aliphatic heterocycles. The van der Waals surface area contributed by atoms with E-state index < -0.39 is 5.92 Å². The van der Waals surface area contributed by atoms with Crippen LogP contribution in [0.2, 0.25) is 0 Å². The molecule has 1 amide bonds. The minimum absolute atomic E-state index is 0.143. The minimum Gasteiger partial charge on any atom is -0.497 e. The summed E-state index contributed by atoms with van der Waals surface area (Å²) < 4.78 is 5.22. The van der Waals surface area contributed by atoms with E-state index in [1.807, 2.05) is 42.5 Å². The van der Waals surface area contributed by atoms with E-state index in [0.717, 1.165) is 16.8 Å². The van der Waals surface area contributed by atoms with Gasteiger partial charge in [-0.2, -0.15) is 0 Å². The van der Waals surface area contributed by atoms with E-state index in [2.05, 4.69) is 0 Å². The molecule has 0 fully saturated rings. The number of fused-ring (bicyclic) bond motifs is 1. The van der Waals surface area contributed by atoms with Crippen LogP contribution in [0.15, 0.2) is 48.5 Å². The molecule has 0 bridgehead atoms. The number of ether oxygens (including phenoxy) is 1. The second-order valence-corrected chi connectivity index (χ2v) is 5.38. The Kier molecular flexibility index (Phi) is 3.67. The number of methoxy groups -OCH3 is 1. The first kappa shape index (κ1) is 14.3. The quantitative estimate of drug-likeness (QED) is 0.815. The highest BCUT2D eigenvalue weighted by Crippen LogP contribution is 2.40. The van der Waals surface area contributed by atoms with Gasteiger partial charge in [-0.15, -0.1) is 0 Å². The van der Waals surface area contributed by atoms with E-state index in [1.165, 1.54) is 6.92 Å². The van der Waals surface area contributed by atoms with Gasteiger partial charge in [0.2, 0.25) is 5.91 Å². The van der Waals surface area contributed by atoms with Gasteiger partial charge < -0.3 is 9.64 Å². The summed E-state index contributed by atoms with van der Waals surface area (Å²) in [6.07, 6.45) is 0. The topological polar surface area (TPSA) is 46.6 Å². The molecule has 4 nitrogen and oxygen atoms in total. The Hall–Kier alpha value is -2.62. The van der Waals surface area contributed by atoms with Crippen molar-refractivity contribution in [2.45, 2.75) is 19.4 Å². The largest absolute Gasteiger partial charge is 0.497 e. The zero-order valence-electron chi connectivity index (χ0n) is 12.6. The first-order valence-electron chi connectivity index (χ1n) is 7.15. The Morgan fingerprint density at radius 1 is 1.18 bits per heavy atom. The van der Waals surface area contributed by atoms with Gasteiger partial charge in [0.15, 0.2) is 0 Å². The van der Waals surface area contributed by atoms with Crippen molar-refractivity contribution in [3.05, 3.63) is 59.7 Å². The van der Waals surface area contributed by atoms with Crippen LogP contribution in [0.1, 0.15) is 24.0 Å². The van der Waals surface area contributed by atoms with Crippen LogP contribution in [-0.4, -0.2) is 18.8 Å². The fourth-order valence-corrected chi connectivity index (χ4v) is 2.87. The summed E-state index contributed by atoms with van der Waals surface area (Å²) in [6.45, 7) is 1.92. The maximum absolute atomic E-state index is 12.7. The summed E-state index contributed by atoms with van der Waals surface area (Å²) in [7, 11) is 1.57. The molecule has 0 aliphatic carbocycles. The van der Waals surface area contributed by atoms with Crippen molar-refractivity contribution >= 4 is 17.4 Å². The van der Waals surface area contributed by atoms with Crippen LogP contribution < -0.4 is 9.64 Å². The second-order valence-electron chi connectivity index (χ2n) is 5.38. The van der Waals surface area contributed by atoms with Crippen molar-refractivity contribution in [2.75, 3.05) is 12.0 Å². The van der Waals surface area contributed by atoms with E-state index in [0.29, 0.717) is 12.3 Å². The fraction of sp³-hybridized carbons (Fsp3) is 0.222. The number of nitrogens with zero attached hydrogens (tertiary/aromatic N) is 1. The van der Waals surface area contributed by atoms with Crippen molar-refractivity contribution in [1.29, 1.82) is 0 Å². The summed E-state index contributed by atoms with van der Waals surface area (Å²) in [6, 6.07) is 15.2. The van der Waals surface area contributed by atoms with Gasteiger partial charge in [0.25, 0.3) is 0 Å². The Bertz CT molecular complexity index is 724. The molecule has 0 spiro atoms. The van der Waals surface area contributed by atoms with Crippen molar-refractivity contribution in [3.63, 3.8) is 0 Å². The number of amides is 1. The van der Waals surface area contributed by atoms with Crippen molar-refractivity contribution in [3.8, 4) is 5.75 Å². The van der Waals surface area contributed by atoms with Crippen LogP contribution in [0, 0.1) is 0 Å². The van der Waals surface area contributed by atoms with E-state index in [1.54, 1.807) is 18.1 Å². The monoisotopic (exact) mass is 295 g/mol. The van der Waals surface area contributed by atoms with Gasteiger partial charge in [-0.05, 0) is 36.2 Å². The Balaban J connectivity index is 2.03. The molecule has 2 aromatic rings. The van der Waals surface area contributed by atoms with Crippen molar-refractivity contribution < 1.29 is 14.3 Å². The van der Waals surface area contributed by atoms with Crippen molar-refractivity contribution in [2.24, 2.45) is 0 Å². The first-order valence-corrected chi connectivity index (χ1v) is 7.15. The third-order valence-electron chi connectivity index (χ3n) is 3.94. The molecule has 0 saturated heterocycles. The third kappa shape index (κ3) is 2.37. The molecular formula is C18H17NO3. The number of anilines is 1. The molecule has 1 heterocycles. The molecule has 0 radical (unpaired) electrons. The predicted molar refractivity (Wildman–Crippen MR) is 84.0 cm³/mol. The molecule has 0 N–H and O–H groups in total. The summed E-state index contributed by atoms with van der Waals surface area (Å²) in [5.74, 6) is -0.386. The lowest BCUT2D eigenvalue weighted by Gasteiger charge is -2.18. The first-order chi connectivity index (χ1) is 10.6. The van der Waals surface area contributed by atoms with E-state index >= 15 is 0 Å². The number of carbonyl (C=O) groups is 2. The molecule has 1 atom stereocenters. The van der Waals surface area contributed by atoms with Crippen molar-refractivity contribution in [1.82, 2.24) is 0 Å². The molecule has 112 valence electrons. The predicted octanol–water partition coefficient (Wildman–Crippen LogP) is 2.91. The number of hydrogen-bond donors (Lipinski definition) is 0. The van der Waals surface area contributed by atoms with E-state index in [9.17, 15) is 9.59 Å². The van der Waals surface area contributed by atoms with Crippen LogP contribution in [0.25, 0.3) is 0 Å². The highest BCUT2D eigenvalue weighted by atomic mass is 16.5. The molecule has 2 aromatic carbocycles. The molecule has 0 saturated carbocycles. The van der Waals surface area contributed by atoms with Crippen LogP contribution >= 0.6 is 0 Å². The van der Waals surface area contributed by atoms with Gasteiger partial charge in [-0.3, -0.25) is 9.59 Å². The zero-order valence-corrected chi connectivity index (χ0v) is 12.6. The van der Waals surface area contributed by atoms with Crippen LogP contribution in [0.5, 0.6) is 5.75 Å². The maximum Gasteiger partial charge on any atom is 0.242 e. The SMILES string of the molecule is COc1ccc2c(c1)C(C(C)=O)C(=O)N2Cc1ccccc1. The lowest BCUT2D eigenvalue weighted by molar-refractivity contribution is -0.127. The summed E-state index contributed by atoms with van der Waals surface area (Å²) >= 11 is 0.